The van der Waals surface area contributed by atoms with E-state index in [-0.39, 0.29) is 11.9 Å². The second-order valence-corrected chi connectivity index (χ2v) is 8.44. The lowest BCUT2D eigenvalue weighted by atomic mass is 9.96. The molecule has 0 spiro atoms. The Morgan fingerprint density at radius 3 is 2.89 bits per heavy atom. The van der Waals surface area contributed by atoms with Crippen LogP contribution in [0.1, 0.15) is 51.8 Å². The number of nitrogens with one attached hydrogen (secondary N) is 1. The molecule has 5 nitrogen and oxygen atoms in total. The SMILES string of the molecule is CN(Cc1ccccc1)C(=O)c1cn[nH]c1C1CCCCN1Cc1cccs1. The van der Waals surface area contributed by atoms with Crippen molar-refractivity contribution in [2.45, 2.75) is 38.4 Å². The van der Waals surface area contributed by atoms with Gasteiger partial charge in [-0.25, -0.2) is 0 Å². The van der Waals surface area contributed by atoms with Gasteiger partial charge in [0.05, 0.1) is 23.5 Å². The maximum Gasteiger partial charge on any atom is 0.257 e. The summed E-state index contributed by atoms with van der Waals surface area (Å²) in [7, 11) is 1.86. The summed E-state index contributed by atoms with van der Waals surface area (Å²) in [5.41, 5.74) is 2.78. The number of aromatic amines is 1. The van der Waals surface area contributed by atoms with Gasteiger partial charge in [0.2, 0.25) is 0 Å². The van der Waals surface area contributed by atoms with Gasteiger partial charge in [-0.15, -0.1) is 11.3 Å². The Balaban J connectivity index is 1.52. The number of amides is 1. The molecule has 1 unspecified atom stereocenters. The smallest absolute Gasteiger partial charge is 0.257 e. The van der Waals surface area contributed by atoms with Crippen molar-refractivity contribution >= 4 is 17.2 Å². The summed E-state index contributed by atoms with van der Waals surface area (Å²) in [6.07, 6.45) is 5.12. The summed E-state index contributed by atoms with van der Waals surface area (Å²) >= 11 is 1.79. The summed E-state index contributed by atoms with van der Waals surface area (Å²) in [5, 5.41) is 9.51. The lowest BCUT2D eigenvalue weighted by Crippen LogP contribution is -2.35. The molecule has 6 heteroatoms. The predicted octanol–water partition coefficient (Wildman–Crippen LogP) is 4.47. The van der Waals surface area contributed by atoms with Gasteiger partial charge in [-0.2, -0.15) is 5.10 Å². The van der Waals surface area contributed by atoms with Crippen LogP contribution in [-0.4, -0.2) is 39.5 Å². The Kier molecular flexibility index (Phi) is 5.88. The van der Waals surface area contributed by atoms with E-state index in [0.29, 0.717) is 12.1 Å². The Labute approximate surface area is 170 Å². The van der Waals surface area contributed by atoms with Crippen molar-refractivity contribution in [1.29, 1.82) is 0 Å². The number of carbonyl (C=O) groups is 1. The summed E-state index contributed by atoms with van der Waals surface area (Å²) in [5.74, 6) is 0.0225. The van der Waals surface area contributed by atoms with Gasteiger partial charge in [0, 0.05) is 25.0 Å². The van der Waals surface area contributed by atoms with Gasteiger partial charge in [0.15, 0.2) is 0 Å². The first-order valence-electron chi connectivity index (χ1n) is 9.81. The van der Waals surface area contributed by atoms with E-state index in [9.17, 15) is 4.79 Å². The molecule has 2 aromatic heterocycles. The van der Waals surface area contributed by atoms with Crippen LogP contribution in [0.3, 0.4) is 0 Å². The number of likely N-dealkylation sites (tertiary alicyclic amines) is 1. The van der Waals surface area contributed by atoms with Crippen LogP contribution in [0.2, 0.25) is 0 Å². The number of aromatic nitrogens is 2. The molecule has 0 saturated carbocycles. The minimum absolute atomic E-state index is 0.0225. The number of nitrogens with zero attached hydrogens (tertiary/aromatic N) is 3. The number of hydrogen-bond donors (Lipinski definition) is 1. The fourth-order valence-corrected chi connectivity index (χ4v) is 4.69. The first-order valence-corrected chi connectivity index (χ1v) is 10.7. The zero-order valence-electron chi connectivity index (χ0n) is 16.2. The van der Waals surface area contributed by atoms with Crippen LogP contribution >= 0.6 is 11.3 Å². The normalized spacial score (nSPS) is 17.5. The Morgan fingerprint density at radius 1 is 1.25 bits per heavy atom. The van der Waals surface area contributed by atoms with Crippen molar-refractivity contribution in [3.8, 4) is 0 Å². The molecule has 3 heterocycles. The molecule has 1 amide bonds. The second kappa shape index (κ2) is 8.71. The highest BCUT2D eigenvalue weighted by molar-refractivity contribution is 7.09. The van der Waals surface area contributed by atoms with Gasteiger partial charge < -0.3 is 4.90 Å². The molecule has 1 aromatic carbocycles. The molecular formula is C22H26N4OS. The van der Waals surface area contributed by atoms with E-state index in [1.165, 1.54) is 17.7 Å². The Bertz CT molecular complexity index is 890. The van der Waals surface area contributed by atoms with Crippen molar-refractivity contribution < 1.29 is 4.79 Å². The monoisotopic (exact) mass is 394 g/mol. The van der Waals surface area contributed by atoms with E-state index in [1.807, 2.05) is 37.4 Å². The average Bonchev–Trinajstić information content (AvgIpc) is 3.40. The van der Waals surface area contributed by atoms with Crippen molar-refractivity contribution in [2.75, 3.05) is 13.6 Å². The highest BCUT2D eigenvalue weighted by Crippen LogP contribution is 2.33. The zero-order valence-corrected chi connectivity index (χ0v) is 17.0. The van der Waals surface area contributed by atoms with Gasteiger partial charge in [0.25, 0.3) is 5.91 Å². The highest BCUT2D eigenvalue weighted by Gasteiger charge is 2.30. The number of thiophene rings is 1. The number of rotatable bonds is 6. The fraction of sp³-hybridized carbons (Fsp3) is 0.364. The third kappa shape index (κ3) is 4.18. The van der Waals surface area contributed by atoms with Crippen molar-refractivity contribution in [3.05, 3.63) is 75.7 Å². The zero-order chi connectivity index (χ0) is 19.3. The molecule has 146 valence electrons. The van der Waals surface area contributed by atoms with Crippen LogP contribution in [-0.2, 0) is 13.1 Å². The minimum atomic E-state index is 0.0225. The van der Waals surface area contributed by atoms with Crippen LogP contribution in [0.5, 0.6) is 0 Å². The topological polar surface area (TPSA) is 52.2 Å². The molecule has 0 radical (unpaired) electrons. The summed E-state index contributed by atoms with van der Waals surface area (Å²) in [6.45, 7) is 2.57. The highest BCUT2D eigenvalue weighted by atomic mass is 32.1. The molecule has 1 aliphatic heterocycles. The van der Waals surface area contributed by atoms with Crippen molar-refractivity contribution in [1.82, 2.24) is 20.0 Å². The van der Waals surface area contributed by atoms with Gasteiger partial charge in [-0.3, -0.25) is 14.8 Å². The standard InChI is InChI=1S/C22H26N4OS/c1-25(15-17-8-3-2-4-9-17)22(27)19-14-23-24-21(19)20-11-5-6-12-26(20)16-18-10-7-13-28-18/h2-4,7-10,13-14,20H,5-6,11-12,15-16H2,1H3,(H,23,24). The molecule has 0 aliphatic carbocycles. The first-order chi connectivity index (χ1) is 13.7. The van der Waals surface area contributed by atoms with E-state index in [2.05, 4.69) is 32.6 Å². The molecular weight excluding hydrogens is 368 g/mol. The van der Waals surface area contributed by atoms with Crippen LogP contribution in [0.4, 0.5) is 0 Å². The van der Waals surface area contributed by atoms with Gasteiger partial charge in [-0.1, -0.05) is 42.8 Å². The molecule has 3 aromatic rings. The van der Waals surface area contributed by atoms with E-state index < -0.39 is 0 Å². The van der Waals surface area contributed by atoms with Gasteiger partial charge in [0.1, 0.15) is 0 Å². The predicted molar refractivity (Wildman–Crippen MR) is 112 cm³/mol. The van der Waals surface area contributed by atoms with Crippen LogP contribution < -0.4 is 0 Å². The van der Waals surface area contributed by atoms with E-state index in [1.54, 1.807) is 22.4 Å². The number of carbonyl (C=O) groups excluding carboxylic acids is 1. The van der Waals surface area contributed by atoms with E-state index in [0.717, 1.165) is 30.8 Å². The maximum atomic E-state index is 13.1. The lowest BCUT2D eigenvalue weighted by Gasteiger charge is -2.35. The quantitative estimate of drug-likeness (QED) is 0.671. The summed E-state index contributed by atoms with van der Waals surface area (Å²) in [4.78, 5) is 18.8. The molecule has 1 fully saturated rings. The van der Waals surface area contributed by atoms with Gasteiger partial charge >= 0.3 is 0 Å². The summed E-state index contributed by atoms with van der Waals surface area (Å²) in [6, 6.07) is 14.6. The van der Waals surface area contributed by atoms with Crippen molar-refractivity contribution in [3.63, 3.8) is 0 Å². The summed E-state index contributed by atoms with van der Waals surface area (Å²) < 4.78 is 0. The van der Waals surface area contributed by atoms with Gasteiger partial charge in [-0.05, 0) is 36.4 Å². The van der Waals surface area contributed by atoms with Crippen molar-refractivity contribution in [2.24, 2.45) is 0 Å². The maximum absolute atomic E-state index is 13.1. The minimum Gasteiger partial charge on any atom is -0.337 e. The van der Waals surface area contributed by atoms with Crippen LogP contribution in [0.15, 0.2) is 54.0 Å². The Morgan fingerprint density at radius 2 is 2.11 bits per heavy atom. The van der Waals surface area contributed by atoms with E-state index >= 15 is 0 Å². The number of hydrogen-bond acceptors (Lipinski definition) is 4. The molecule has 1 atom stereocenters. The average molecular weight is 395 g/mol. The van der Waals surface area contributed by atoms with Crippen LogP contribution in [0.25, 0.3) is 0 Å². The molecule has 4 rings (SSSR count). The second-order valence-electron chi connectivity index (χ2n) is 7.41. The number of H-pyrrole nitrogens is 1. The third-order valence-electron chi connectivity index (χ3n) is 5.39. The molecule has 1 N–H and O–H groups in total. The van der Waals surface area contributed by atoms with Crippen LogP contribution in [0, 0.1) is 0 Å². The fourth-order valence-electron chi connectivity index (χ4n) is 3.97. The number of benzene rings is 1. The first kappa shape index (κ1) is 18.9. The third-order valence-corrected chi connectivity index (χ3v) is 6.26. The number of piperidine rings is 1. The van der Waals surface area contributed by atoms with E-state index in [4.69, 9.17) is 0 Å². The molecule has 0 bridgehead atoms. The lowest BCUT2D eigenvalue weighted by molar-refractivity contribution is 0.0776. The molecule has 1 saturated heterocycles. The largest absolute Gasteiger partial charge is 0.337 e. The molecule has 28 heavy (non-hydrogen) atoms. The Hall–Kier alpha value is -2.44. The molecule has 1 aliphatic rings.